The summed E-state index contributed by atoms with van der Waals surface area (Å²) in [5, 5.41) is 11.9. The Morgan fingerprint density at radius 1 is 0.577 bits per heavy atom. The van der Waals surface area contributed by atoms with Gasteiger partial charge in [-0.15, -0.1) is 0 Å². The Hall–Kier alpha value is -3.83. The topological polar surface area (TPSA) is 153 Å². The third-order valence-corrected chi connectivity index (χ3v) is 8.41. The molecule has 4 heterocycles. The van der Waals surface area contributed by atoms with Gasteiger partial charge in [0.15, 0.2) is 0 Å². The Labute approximate surface area is 328 Å². The standard InChI is InChI=1S/C40H47N7O2.2Cu.H2O/c41-19-7-1-2-16-39(48)18-17-32-24-33(26-46(28-35-12-3-8-20-42-35)29-36-13-4-9-21-43-36)40(49)34(25-32)27-47(30-37-14-5-10-22-44-37)31-38-15-6-11-23-45-38;;;/h3-6,8-15,20-25,49H,1-2,7,16-19,26-31,41H2;;;1H2/q;2*+1;. The summed E-state index contributed by atoms with van der Waals surface area (Å²) in [7, 11) is 0. The molecule has 0 amide bonds. The fourth-order valence-corrected chi connectivity index (χ4v) is 5.97. The maximum atomic E-state index is 12.9. The third-order valence-electron chi connectivity index (χ3n) is 8.41. The van der Waals surface area contributed by atoms with Crippen LogP contribution in [0.5, 0.6) is 5.75 Å². The quantitative estimate of drug-likeness (QED) is 0.0761. The largest absolute Gasteiger partial charge is 1.00 e. The van der Waals surface area contributed by atoms with Crippen LogP contribution < -0.4 is 5.73 Å². The molecule has 0 aliphatic heterocycles. The molecule has 0 aliphatic carbocycles. The van der Waals surface area contributed by atoms with Crippen LogP contribution in [0, 0.1) is 0 Å². The van der Waals surface area contributed by atoms with Crippen molar-refractivity contribution in [3.8, 4) is 5.75 Å². The second-order valence-electron chi connectivity index (χ2n) is 12.5. The van der Waals surface area contributed by atoms with E-state index in [1.54, 1.807) is 24.8 Å². The number of pyridine rings is 4. The maximum absolute atomic E-state index is 12.9. The third kappa shape index (κ3) is 15.0. The molecule has 0 fully saturated rings. The smallest absolute Gasteiger partial charge is 0.507 e. The minimum atomic E-state index is 0. The fraction of sp³-hybridized carbons (Fsp3) is 0.325. The van der Waals surface area contributed by atoms with Crippen LogP contribution in [-0.2, 0) is 84.6 Å². The van der Waals surface area contributed by atoms with Gasteiger partial charge in [0.2, 0.25) is 0 Å². The molecule has 5 rings (SSSR count). The van der Waals surface area contributed by atoms with Gasteiger partial charge in [0.05, 0.1) is 22.8 Å². The zero-order valence-corrected chi connectivity index (χ0v) is 31.2. The van der Waals surface area contributed by atoms with E-state index < -0.39 is 0 Å². The summed E-state index contributed by atoms with van der Waals surface area (Å²) < 4.78 is 0. The molecular weight excluding hydrogens is 754 g/mol. The van der Waals surface area contributed by atoms with Gasteiger partial charge in [-0.3, -0.25) is 34.5 Å². The van der Waals surface area contributed by atoms with E-state index in [0.29, 0.717) is 65.1 Å². The Balaban J connectivity index is 0.00000312. The van der Waals surface area contributed by atoms with Crippen LogP contribution in [0.1, 0.15) is 71.6 Å². The van der Waals surface area contributed by atoms with E-state index in [2.05, 4.69) is 41.9 Å². The summed E-state index contributed by atoms with van der Waals surface area (Å²) >= 11 is 0. The number of hydrogen-bond acceptors (Lipinski definition) is 9. The van der Waals surface area contributed by atoms with E-state index >= 15 is 0 Å². The summed E-state index contributed by atoms with van der Waals surface area (Å²) in [6.07, 6.45) is 11.6. The van der Waals surface area contributed by atoms with Gasteiger partial charge in [0.1, 0.15) is 11.5 Å². The number of aryl methyl sites for hydroxylation is 1. The van der Waals surface area contributed by atoms with E-state index in [9.17, 15) is 9.90 Å². The second kappa shape index (κ2) is 24.4. The zero-order chi connectivity index (χ0) is 34.1. The number of rotatable bonds is 20. The van der Waals surface area contributed by atoms with E-state index in [1.807, 2.05) is 72.8 Å². The van der Waals surface area contributed by atoms with Crippen molar-refractivity contribution >= 4 is 5.78 Å². The minimum Gasteiger partial charge on any atom is -0.507 e. The molecule has 282 valence electrons. The number of benzene rings is 1. The maximum Gasteiger partial charge on any atom is 1.00 e. The van der Waals surface area contributed by atoms with Crippen molar-refractivity contribution in [3.05, 3.63) is 149 Å². The normalized spacial score (nSPS) is 10.7. The van der Waals surface area contributed by atoms with E-state index in [4.69, 9.17) is 5.73 Å². The summed E-state index contributed by atoms with van der Waals surface area (Å²) in [5.74, 6) is 0.517. The number of phenols is 1. The van der Waals surface area contributed by atoms with Crippen LogP contribution in [-0.4, -0.2) is 52.6 Å². The molecule has 0 atom stereocenters. The molecule has 52 heavy (non-hydrogen) atoms. The van der Waals surface area contributed by atoms with Crippen LogP contribution in [0.25, 0.3) is 0 Å². The van der Waals surface area contributed by atoms with Gasteiger partial charge in [-0.2, -0.15) is 0 Å². The number of phenolic OH excluding ortho intramolecular Hbond substituents is 1. The predicted octanol–water partition coefficient (Wildman–Crippen LogP) is 5.57. The first kappa shape index (κ1) is 44.3. The number of nitrogens with two attached hydrogens (primary N) is 1. The molecule has 5 aromatic rings. The predicted molar refractivity (Wildman–Crippen MR) is 195 cm³/mol. The van der Waals surface area contributed by atoms with Crippen molar-refractivity contribution in [2.45, 2.75) is 77.8 Å². The average molecular weight is 803 g/mol. The molecule has 0 spiro atoms. The Morgan fingerprint density at radius 2 is 0.981 bits per heavy atom. The van der Waals surface area contributed by atoms with Crippen LogP contribution in [0.4, 0.5) is 0 Å². The van der Waals surface area contributed by atoms with Gasteiger partial charge in [-0.1, -0.05) is 42.8 Å². The summed E-state index contributed by atoms with van der Waals surface area (Å²) in [5.41, 5.74) is 12.0. The number of nitrogens with zero attached hydrogens (tertiary/aromatic N) is 6. The molecule has 0 saturated carbocycles. The van der Waals surface area contributed by atoms with Gasteiger partial charge in [0, 0.05) is 88.0 Å². The van der Waals surface area contributed by atoms with Crippen molar-refractivity contribution < 1.29 is 49.5 Å². The van der Waals surface area contributed by atoms with Gasteiger partial charge in [-0.25, -0.2) is 0 Å². The summed E-state index contributed by atoms with van der Waals surface area (Å²) in [4.78, 5) is 35.7. The number of carbonyl (C=O) groups is 1. The molecule has 10 nitrogen and oxygen atoms in total. The molecule has 5 N–H and O–H groups in total. The minimum absolute atomic E-state index is 0. The van der Waals surface area contributed by atoms with E-state index in [1.165, 1.54) is 0 Å². The van der Waals surface area contributed by atoms with Crippen molar-refractivity contribution in [2.75, 3.05) is 6.54 Å². The Bertz CT molecular complexity index is 1510. The second-order valence-corrected chi connectivity index (χ2v) is 12.5. The number of hydrogen-bond donors (Lipinski definition) is 2. The first-order valence-corrected chi connectivity index (χ1v) is 17.2. The molecule has 0 bridgehead atoms. The SMILES string of the molecule is NCCCCCC(=O)CCc1cc(CN(Cc2ccccn2)Cc2ccccn2)c(O)c(CN(Cc2ccccn2)Cc2ccccn2)c1.O.[Cu+].[Cu+]. The van der Waals surface area contributed by atoms with Crippen molar-refractivity contribution in [1.82, 2.24) is 29.7 Å². The molecule has 12 heteroatoms. The summed E-state index contributed by atoms with van der Waals surface area (Å²) in [6, 6.07) is 27.8. The number of aromatic nitrogens is 4. The molecule has 0 saturated heterocycles. The number of Topliss-reactive ketones (excluding diaryl/α,β-unsaturated/α-hetero) is 1. The molecule has 0 radical (unpaired) electrons. The van der Waals surface area contributed by atoms with Crippen molar-refractivity contribution in [1.29, 1.82) is 0 Å². The van der Waals surface area contributed by atoms with Crippen LogP contribution >= 0.6 is 0 Å². The fourth-order valence-electron chi connectivity index (χ4n) is 5.97. The molecule has 0 unspecified atom stereocenters. The van der Waals surface area contributed by atoms with Crippen molar-refractivity contribution in [3.63, 3.8) is 0 Å². The van der Waals surface area contributed by atoms with Gasteiger partial charge >= 0.3 is 34.1 Å². The molecule has 1 aromatic carbocycles. The van der Waals surface area contributed by atoms with Crippen LogP contribution in [0.2, 0.25) is 0 Å². The molecule has 0 aliphatic rings. The first-order valence-electron chi connectivity index (χ1n) is 17.2. The van der Waals surface area contributed by atoms with Gasteiger partial charge < -0.3 is 16.3 Å². The van der Waals surface area contributed by atoms with Crippen molar-refractivity contribution in [2.24, 2.45) is 5.73 Å². The van der Waals surface area contributed by atoms with E-state index in [-0.39, 0.29) is 51.1 Å². The van der Waals surface area contributed by atoms with Crippen LogP contribution in [0.15, 0.2) is 110 Å². The first-order chi connectivity index (χ1) is 24.1. The average Bonchev–Trinajstić information content (AvgIpc) is 3.12. The summed E-state index contributed by atoms with van der Waals surface area (Å²) in [6.45, 7) is 3.96. The monoisotopic (exact) mass is 801 g/mol. The Morgan fingerprint density at radius 3 is 1.33 bits per heavy atom. The van der Waals surface area contributed by atoms with Gasteiger partial charge in [-0.05, 0) is 79.9 Å². The van der Waals surface area contributed by atoms with E-state index in [0.717, 1.165) is 58.7 Å². The molecular formula is C40H49Cu2N7O3+2. The number of unbranched alkanes of at least 4 members (excludes halogenated alkanes) is 2. The number of ketones is 1. The number of aromatic hydroxyl groups is 1. The van der Waals surface area contributed by atoms with Gasteiger partial charge in [0.25, 0.3) is 0 Å². The zero-order valence-electron chi connectivity index (χ0n) is 29.3. The Kier molecular flexibility index (Phi) is 20.8. The molecule has 4 aromatic heterocycles. The number of carbonyl (C=O) groups excluding carboxylic acids is 1. The van der Waals surface area contributed by atoms with Crippen LogP contribution in [0.3, 0.4) is 0 Å².